The second kappa shape index (κ2) is 23.8. The third-order valence-electron chi connectivity index (χ3n) is 1.91. The van der Waals surface area contributed by atoms with Crippen LogP contribution in [0.15, 0.2) is 0 Å². The molecular weight excluding hydrogens is 204 g/mol. The van der Waals surface area contributed by atoms with Crippen molar-refractivity contribution in [2.45, 2.75) is 79.1 Å². The maximum absolute atomic E-state index is 8.33. The molecule has 0 aromatic carbocycles. The van der Waals surface area contributed by atoms with E-state index in [4.69, 9.17) is 15.0 Å². The van der Waals surface area contributed by atoms with E-state index in [0.717, 1.165) is 0 Å². The summed E-state index contributed by atoms with van der Waals surface area (Å²) in [6.45, 7) is 8.93. The van der Waals surface area contributed by atoms with Gasteiger partial charge in [-0.25, -0.2) is 0 Å². The van der Waals surface area contributed by atoms with Crippen LogP contribution in [0.2, 0.25) is 0 Å². The van der Waals surface area contributed by atoms with Gasteiger partial charge in [-0.15, -0.1) is 0 Å². The summed E-state index contributed by atoms with van der Waals surface area (Å²) in [5.74, 6) is 0. The van der Waals surface area contributed by atoms with E-state index in [1.807, 2.05) is 0 Å². The van der Waals surface area contributed by atoms with Crippen molar-refractivity contribution in [3.05, 3.63) is 0 Å². The van der Waals surface area contributed by atoms with Gasteiger partial charge in [0.2, 0.25) is 0 Å². The first-order valence-electron chi connectivity index (χ1n) is 6.44. The van der Waals surface area contributed by atoms with E-state index >= 15 is 0 Å². The van der Waals surface area contributed by atoms with Gasteiger partial charge in [-0.2, -0.15) is 0 Å². The standard InChI is InChI=1S/2C6H14.CH2O3/c2*1-3-5-6-4-2;2-1(3)4/h2*3-6H2,1-2H3;(H2,2,3,4)/p-2. The van der Waals surface area contributed by atoms with Gasteiger partial charge in [0, 0.05) is 0 Å². The summed E-state index contributed by atoms with van der Waals surface area (Å²) in [6.07, 6.45) is 8.74. The Labute approximate surface area is 101 Å². The van der Waals surface area contributed by atoms with Crippen molar-refractivity contribution in [2.75, 3.05) is 0 Å². The Kier molecular flexibility index (Phi) is 30.8. The van der Waals surface area contributed by atoms with Crippen molar-refractivity contribution in [1.29, 1.82) is 0 Å². The van der Waals surface area contributed by atoms with Crippen LogP contribution in [0.3, 0.4) is 0 Å². The molecule has 0 radical (unpaired) electrons. The van der Waals surface area contributed by atoms with Crippen molar-refractivity contribution in [2.24, 2.45) is 0 Å². The Balaban J connectivity index is -0.000000162. The minimum atomic E-state index is -2.33. The van der Waals surface area contributed by atoms with Gasteiger partial charge in [0.05, 0.1) is 0 Å². The summed E-state index contributed by atoms with van der Waals surface area (Å²) in [4.78, 5) is 8.33. The fourth-order valence-corrected chi connectivity index (χ4v) is 1.000. The van der Waals surface area contributed by atoms with Crippen LogP contribution >= 0.6 is 0 Å². The molecule has 0 aromatic heterocycles. The third-order valence-corrected chi connectivity index (χ3v) is 1.91. The smallest absolute Gasteiger partial charge is 0.0431 e. The molecule has 0 aliphatic carbocycles. The van der Waals surface area contributed by atoms with Crippen molar-refractivity contribution >= 4 is 6.16 Å². The molecule has 0 unspecified atom stereocenters. The van der Waals surface area contributed by atoms with Crippen molar-refractivity contribution in [3.8, 4) is 0 Å². The predicted octanol–water partition coefficient (Wildman–Crippen LogP) is 2.73. The van der Waals surface area contributed by atoms with E-state index in [0.29, 0.717) is 0 Å². The van der Waals surface area contributed by atoms with Gasteiger partial charge in [-0.1, -0.05) is 79.1 Å². The molecule has 3 nitrogen and oxygen atoms in total. The summed E-state index contributed by atoms with van der Waals surface area (Å²) in [6, 6.07) is 0. The molecular formula is C13H28O3-2. The molecule has 0 bridgehead atoms. The van der Waals surface area contributed by atoms with E-state index in [9.17, 15) is 0 Å². The average Bonchev–Trinajstić information content (AvgIpc) is 2.23. The zero-order valence-electron chi connectivity index (χ0n) is 11.4. The van der Waals surface area contributed by atoms with Crippen molar-refractivity contribution in [3.63, 3.8) is 0 Å². The Morgan fingerprint density at radius 3 is 0.875 bits per heavy atom. The molecule has 0 N–H and O–H groups in total. The highest BCUT2D eigenvalue weighted by Gasteiger charge is 1.75. The Hall–Kier alpha value is -0.730. The second-order valence-corrected chi connectivity index (χ2v) is 3.66. The topological polar surface area (TPSA) is 63.2 Å². The summed E-state index contributed by atoms with van der Waals surface area (Å²) >= 11 is 0. The van der Waals surface area contributed by atoms with Gasteiger partial charge in [-0.3, -0.25) is 0 Å². The highest BCUT2D eigenvalue weighted by atomic mass is 16.6. The number of hydrogen-bond donors (Lipinski definition) is 0. The van der Waals surface area contributed by atoms with E-state index in [1.54, 1.807) is 0 Å². The fourth-order valence-electron chi connectivity index (χ4n) is 1.000. The van der Waals surface area contributed by atoms with Crippen LogP contribution in [0, 0.1) is 0 Å². The minimum Gasteiger partial charge on any atom is -0.652 e. The summed E-state index contributed by atoms with van der Waals surface area (Å²) in [5.41, 5.74) is 0. The number of carbonyl (C=O) groups is 1. The van der Waals surface area contributed by atoms with Crippen LogP contribution in [0.4, 0.5) is 4.79 Å². The largest absolute Gasteiger partial charge is 0.652 e. The van der Waals surface area contributed by atoms with Crippen LogP contribution in [-0.4, -0.2) is 6.16 Å². The maximum Gasteiger partial charge on any atom is -0.0431 e. The molecule has 0 aromatic rings. The van der Waals surface area contributed by atoms with Gasteiger partial charge < -0.3 is 15.0 Å². The second-order valence-electron chi connectivity index (χ2n) is 3.66. The quantitative estimate of drug-likeness (QED) is 0.661. The Morgan fingerprint density at radius 1 is 0.688 bits per heavy atom. The molecule has 16 heavy (non-hydrogen) atoms. The Bertz CT molecular complexity index is 93.7. The highest BCUT2D eigenvalue weighted by Crippen LogP contribution is 1.95. The SMILES string of the molecule is CCCCCC.CCCCCC.O=C([O-])[O-]. The zero-order chi connectivity index (χ0) is 13.2. The number of hydrogen-bond acceptors (Lipinski definition) is 3. The maximum atomic E-state index is 8.33. The first-order chi connectivity index (χ1) is 7.56. The number of rotatable bonds is 6. The molecule has 0 fully saturated rings. The summed E-state index contributed by atoms with van der Waals surface area (Å²) in [5, 5.41) is 16.7. The lowest BCUT2D eigenvalue weighted by molar-refractivity contribution is -0.415. The summed E-state index contributed by atoms with van der Waals surface area (Å²) < 4.78 is 0. The molecule has 0 saturated carbocycles. The number of unbranched alkanes of at least 4 members (excludes halogenated alkanes) is 6. The molecule has 0 rings (SSSR count). The molecule has 0 spiro atoms. The van der Waals surface area contributed by atoms with Crippen LogP contribution < -0.4 is 10.2 Å². The van der Waals surface area contributed by atoms with Crippen LogP contribution in [0.1, 0.15) is 79.1 Å². The van der Waals surface area contributed by atoms with Crippen LogP contribution in [0.25, 0.3) is 0 Å². The fraction of sp³-hybridized carbons (Fsp3) is 0.923. The van der Waals surface area contributed by atoms with Gasteiger partial charge in [-0.05, 0) is 6.16 Å². The van der Waals surface area contributed by atoms with Crippen LogP contribution in [-0.2, 0) is 0 Å². The molecule has 100 valence electrons. The summed E-state index contributed by atoms with van der Waals surface area (Å²) in [7, 11) is 0. The first kappa shape index (κ1) is 20.7. The third kappa shape index (κ3) is 71.9. The molecule has 0 saturated heterocycles. The van der Waals surface area contributed by atoms with Crippen molar-refractivity contribution < 1.29 is 15.0 Å². The monoisotopic (exact) mass is 232 g/mol. The molecule has 0 aliphatic rings. The van der Waals surface area contributed by atoms with Gasteiger partial charge in [0.25, 0.3) is 0 Å². The molecule has 0 atom stereocenters. The van der Waals surface area contributed by atoms with E-state index in [2.05, 4.69) is 27.7 Å². The molecule has 0 aliphatic heterocycles. The van der Waals surface area contributed by atoms with Crippen molar-refractivity contribution in [1.82, 2.24) is 0 Å². The average molecular weight is 232 g/mol. The molecule has 3 heteroatoms. The van der Waals surface area contributed by atoms with E-state index in [-0.39, 0.29) is 0 Å². The van der Waals surface area contributed by atoms with E-state index in [1.165, 1.54) is 51.4 Å². The van der Waals surface area contributed by atoms with Gasteiger partial charge in [0.1, 0.15) is 0 Å². The number of carboxylic acid groups (broad SMARTS) is 2. The molecule has 0 heterocycles. The normalized spacial score (nSPS) is 8.25. The predicted molar refractivity (Wildman–Crippen MR) is 65.0 cm³/mol. The minimum absolute atomic E-state index is 1.36. The lowest BCUT2D eigenvalue weighted by atomic mass is 10.2. The Morgan fingerprint density at radius 2 is 0.812 bits per heavy atom. The highest BCUT2D eigenvalue weighted by molar-refractivity contribution is 5.47. The number of carbonyl (C=O) groups excluding carboxylic acids is 1. The first-order valence-corrected chi connectivity index (χ1v) is 6.44. The van der Waals surface area contributed by atoms with Gasteiger partial charge >= 0.3 is 0 Å². The lowest BCUT2D eigenvalue weighted by Crippen LogP contribution is -2.37. The zero-order valence-corrected chi connectivity index (χ0v) is 11.4. The van der Waals surface area contributed by atoms with Gasteiger partial charge in [0.15, 0.2) is 0 Å². The molecule has 0 amide bonds. The van der Waals surface area contributed by atoms with E-state index < -0.39 is 6.16 Å². The van der Waals surface area contributed by atoms with Crippen LogP contribution in [0.5, 0.6) is 0 Å². The lowest BCUT2D eigenvalue weighted by Gasteiger charge is -1.96.